The highest BCUT2D eigenvalue weighted by molar-refractivity contribution is 7.92. The van der Waals surface area contributed by atoms with Crippen molar-refractivity contribution in [2.45, 2.75) is 11.1 Å². The minimum atomic E-state index is -5.09. The number of hydrogen-bond donors (Lipinski definition) is 1. The summed E-state index contributed by atoms with van der Waals surface area (Å²) in [4.78, 5) is -0.879. The van der Waals surface area contributed by atoms with E-state index in [2.05, 4.69) is 0 Å². The second-order valence-corrected chi connectivity index (χ2v) is 6.06. The van der Waals surface area contributed by atoms with Crippen molar-refractivity contribution in [3.05, 3.63) is 59.4 Å². The summed E-state index contributed by atoms with van der Waals surface area (Å²) in [5.74, 6) is -4.21. The lowest BCUT2D eigenvalue weighted by Crippen LogP contribution is -2.16. The van der Waals surface area contributed by atoms with Crippen LogP contribution in [0.15, 0.2) is 41.3 Å². The predicted octanol–water partition coefficient (Wildman–Crippen LogP) is 3.92. The van der Waals surface area contributed by atoms with Gasteiger partial charge in [-0.25, -0.2) is 21.6 Å². The number of nitrogens with one attached hydrogen (secondary N) is 1. The molecule has 0 heterocycles. The van der Waals surface area contributed by atoms with E-state index in [1.807, 2.05) is 0 Å². The van der Waals surface area contributed by atoms with E-state index in [-0.39, 0.29) is 6.07 Å². The van der Waals surface area contributed by atoms with Gasteiger partial charge >= 0.3 is 6.18 Å². The lowest BCUT2D eigenvalue weighted by molar-refractivity contribution is -0.140. The van der Waals surface area contributed by atoms with Crippen molar-refractivity contribution in [2.75, 3.05) is 4.72 Å². The molecule has 23 heavy (non-hydrogen) atoms. The first kappa shape index (κ1) is 17.1. The standard InChI is InChI=1S/C13H7F6NO2S/c14-10-4-2-8(6-9(10)13(17,18)19)23(21,22)20-7-1-3-11(15)12(16)5-7/h1-6,20H. The van der Waals surface area contributed by atoms with Gasteiger partial charge in [0.1, 0.15) is 5.82 Å². The van der Waals surface area contributed by atoms with Crippen LogP contribution in [0.25, 0.3) is 0 Å². The van der Waals surface area contributed by atoms with Gasteiger partial charge < -0.3 is 0 Å². The van der Waals surface area contributed by atoms with E-state index in [9.17, 15) is 34.8 Å². The van der Waals surface area contributed by atoms with Crippen molar-refractivity contribution >= 4 is 15.7 Å². The Labute approximate surface area is 126 Å². The van der Waals surface area contributed by atoms with Crippen molar-refractivity contribution in [1.29, 1.82) is 0 Å². The molecule has 0 unspecified atom stereocenters. The summed E-state index contributed by atoms with van der Waals surface area (Å²) in [6.45, 7) is 0. The molecule has 2 aromatic carbocycles. The molecule has 0 saturated carbocycles. The Bertz CT molecular complexity index is 848. The third-order valence-electron chi connectivity index (χ3n) is 2.73. The van der Waals surface area contributed by atoms with Gasteiger partial charge in [0.25, 0.3) is 10.0 Å². The molecular formula is C13H7F6NO2S. The Morgan fingerprint density at radius 1 is 0.826 bits per heavy atom. The zero-order valence-corrected chi connectivity index (χ0v) is 11.8. The van der Waals surface area contributed by atoms with Crippen molar-refractivity contribution in [1.82, 2.24) is 0 Å². The number of hydrogen-bond acceptors (Lipinski definition) is 2. The van der Waals surface area contributed by atoms with E-state index < -0.39 is 49.8 Å². The van der Waals surface area contributed by atoms with Crippen LogP contribution in [0, 0.1) is 17.5 Å². The number of rotatable bonds is 3. The molecule has 1 N–H and O–H groups in total. The number of alkyl halides is 3. The van der Waals surface area contributed by atoms with Gasteiger partial charge in [-0.1, -0.05) is 0 Å². The molecule has 0 atom stereocenters. The van der Waals surface area contributed by atoms with E-state index >= 15 is 0 Å². The zero-order chi connectivity index (χ0) is 17.4. The van der Waals surface area contributed by atoms with E-state index in [0.717, 1.165) is 6.07 Å². The van der Waals surface area contributed by atoms with E-state index in [1.54, 1.807) is 4.72 Å². The summed E-state index contributed by atoms with van der Waals surface area (Å²) in [5.41, 5.74) is -2.16. The van der Waals surface area contributed by atoms with Crippen LogP contribution in [-0.2, 0) is 16.2 Å². The summed E-state index contributed by atoms with van der Waals surface area (Å²) >= 11 is 0. The maximum Gasteiger partial charge on any atom is 0.419 e. The molecule has 3 nitrogen and oxygen atoms in total. The maximum atomic E-state index is 13.2. The van der Waals surface area contributed by atoms with Gasteiger partial charge in [-0.05, 0) is 30.3 Å². The van der Waals surface area contributed by atoms with Gasteiger partial charge in [-0.15, -0.1) is 0 Å². The van der Waals surface area contributed by atoms with Crippen LogP contribution >= 0.6 is 0 Å². The van der Waals surface area contributed by atoms with Crippen LogP contribution in [0.4, 0.5) is 32.0 Å². The Hall–Kier alpha value is -2.23. The molecule has 0 bridgehead atoms. The summed E-state index contributed by atoms with van der Waals surface area (Å²) in [5, 5.41) is 0. The smallest absolute Gasteiger partial charge is 0.280 e. The number of benzene rings is 2. The molecule has 0 amide bonds. The molecule has 0 saturated heterocycles. The van der Waals surface area contributed by atoms with Gasteiger partial charge in [0.2, 0.25) is 0 Å². The molecule has 0 aliphatic carbocycles. The van der Waals surface area contributed by atoms with Gasteiger partial charge in [0.15, 0.2) is 11.6 Å². The fraction of sp³-hybridized carbons (Fsp3) is 0.0769. The van der Waals surface area contributed by atoms with Crippen molar-refractivity contribution < 1.29 is 34.8 Å². The van der Waals surface area contributed by atoms with Crippen molar-refractivity contribution in [3.8, 4) is 0 Å². The first-order valence-corrected chi connectivity index (χ1v) is 7.33. The molecule has 0 spiro atoms. The van der Waals surface area contributed by atoms with E-state index in [1.165, 1.54) is 0 Å². The molecule has 0 aromatic heterocycles. The average molecular weight is 355 g/mol. The number of sulfonamides is 1. The van der Waals surface area contributed by atoms with Crippen molar-refractivity contribution in [2.24, 2.45) is 0 Å². The Balaban J connectivity index is 2.42. The Kier molecular flexibility index (Phi) is 4.29. The van der Waals surface area contributed by atoms with Crippen LogP contribution in [-0.4, -0.2) is 8.42 Å². The normalized spacial score (nSPS) is 12.3. The molecule has 2 rings (SSSR count). The molecule has 0 aliphatic rings. The Morgan fingerprint density at radius 2 is 1.43 bits per heavy atom. The monoisotopic (exact) mass is 355 g/mol. The van der Waals surface area contributed by atoms with E-state index in [4.69, 9.17) is 0 Å². The van der Waals surface area contributed by atoms with E-state index in [0.29, 0.717) is 24.3 Å². The highest BCUT2D eigenvalue weighted by Gasteiger charge is 2.35. The first-order chi connectivity index (χ1) is 10.5. The van der Waals surface area contributed by atoms with Gasteiger partial charge in [0, 0.05) is 6.07 Å². The van der Waals surface area contributed by atoms with Crippen LogP contribution in [0.1, 0.15) is 5.56 Å². The highest BCUT2D eigenvalue weighted by Crippen LogP contribution is 2.33. The fourth-order valence-electron chi connectivity index (χ4n) is 1.66. The zero-order valence-electron chi connectivity index (χ0n) is 11.0. The molecule has 0 radical (unpaired) electrons. The molecule has 0 fully saturated rings. The third-order valence-corrected chi connectivity index (χ3v) is 4.10. The quantitative estimate of drug-likeness (QED) is 0.849. The summed E-state index contributed by atoms with van der Waals surface area (Å²) < 4.78 is 102. The van der Waals surface area contributed by atoms with Crippen LogP contribution < -0.4 is 4.72 Å². The maximum absolute atomic E-state index is 13.2. The Morgan fingerprint density at radius 3 is 2.00 bits per heavy atom. The topological polar surface area (TPSA) is 46.2 Å². The summed E-state index contributed by atoms with van der Waals surface area (Å²) in [7, 11) is -4.55. The largest absolute Gasteiger partial charge is 0.419 e. The average Bonchev–Trinajstić information content (AvgIpc) is 2.41. The fourth-order valence-corrected chi connectivity index (χ4v) is 2.74. The first-order valence-electron chi connectivity index (χ1n) is 5.85. The molecule has 124 valence electrons. The lowest BCUT2D eigenvalue weighted by atomic mass is 10.2. The van der Waals surface area contributed by atoms with Gasteiger partial charge in [0.05, 0.1) is 16.1 Å². The SMILES string of the molecule is O=S(=O)(Nc1ccc(F)c(F)c1)c1ccc(F)c(C(F)(F)F)c1. The third kappa shape index (κ3) is 3.76. The lowest BCUT2D eigenvalue weighted by Gasteiger charge is -2.12. The van der Waals surface area contributed by atoms with Crippen molar-refractivity contribution in [3.63, 3.8) is 0 Å². The minimum absolute atomic E-state index is 0.109. The molecule has 0 aliphatic heterocycles. The number of anilines is 1. The van der Waals surface area contributed by atoms with Crippen LogP contribution in [0.3, 0.4) is 0 Å². The van der Waals surface area contributed by atoms with Gasteiger partial charge in [-0.3, -0.25) is 4.72 Å². The summed E-state index contributed by atoms with van der Waals surface area (Å²) in [6, 6.07) is 3.11. The second kappa shape index (κ2) is 5.76. The second-order valence-electron chi connectivity index (χ2n) is 4.37. The predicted molar refractivity (Wildman–Crippen MR) is 68.6 cm³/mol. The highest BCUT2D eigenvalue weighted by atomic mass is 32.2. The summed E-state index contributed by atoms with van der Waals surface area (Å²) in [6.07, 6.45) is -5.09. The van der Waals surface area contributed by atoms with Gasteiger partial charge in [-0.2, -0.15) is 13.2 Å². The molecular weight excluding hydrogens is 348 g/mol. The number of halogens is 6. The van der Waals surface area contributed by atoms with Crippen LogP contribution in [0.5, 0.6) is 0 Å². The van der Waals surface area contributed by atoms with Crippen LogP contribution in [0.2, 0.25) is 0 Å². The minimum Gasteiger partial charge on any atom is -0.280 e. The molecule has 2 aromatic rings. The molecule has 10 heteroatoms.